The molecule has 0 bridgehead atoms. The monoisotopic (exact) mass is 470 g/mol. The third-order valence-electron chi connectivity index (χ3n) is 2.12. The molecule has 0 aromatic heterocycles. The second kappa shape index (κ2) is 8.69. The summed E-state index contributed by atoms with van der Waals surface area (Å²) in [4.78, 5) is 11.2. The van der Waals surface area contributed by atoms with Gasteiger partial charge in [-0.05, 0) is 73.4 Å². The molecule has 0 fully saturated rings. The summed E-state index contributed by atoms with van der Waals surface area (Å²) in [7, 11) is 0. The molecule has 0 N–H and O–H groups in total. The number of ether oxygens (including phenoxy) is 3. The van der Waals surface area contributed by atoms with Crippen LogP contribution in [-0.4, -0.2) is 25.8 Å². The van der Waals surface area contributed by atoms with Gasteiger partial charge < -0.3 is 14.2 Å². The maximum absolute atomic E-state index is 11.2. The number of halogens is 3. The molecule has 0 amide bonds. The fraction of sp³-hybridized carbons (Fsp3) is 0.308. The molecule has 1 rings (SSSR count). The normalized spacial score (nSPS) is 10.0. The van der Waals surface area contributed by atoms with E-state index in [4.69, 9.17) is 14.2 Å². The Kier molecular flexibility index (Phi) is 7.61. The van der Waals surface area contributed by atoms with Crippen molar-refractivity contribution in [3.8, 4) is 5.75 Å². The third kappa shape index (κ3) is 5.10. The number of esters is 1. The number of hydrogen-bond donors (Lipinski definition) is 0. The summed E-state index contributed by atoms with van der Waals surface area (Å²) in [5, 5.41) is 0. The molecule has 1 aromatic rings. The van der Waals surface area contributed by atoms with Gasteiger partial charge in [-0.25, -0.2) is 4.79 Å². The van der Waals surface area contributed by atoms with Gasteiger partial charge in [-0.15, -0.1) is 0 Å². The van der Waals surface area contributed by atoms with Crippen LogP contribution in [0.15, 0.2) is 37.9 Å². The zero-order valence-electron chi connectivity index (χ0n) is 10.8. The number of carbonyl (C=O) groups is 1. The lowest BCUT2D eigenvalue weighted by Gasteiger charge is -2.11. The van der Waals surface area contributed by atoms with E-state index in [1.807, 2.05) is 12.1 Å². The van der Waals surface area contributed by atoms with Gasteiger partial charge in [-0.2, -0.15) is 0 Å². The Balaban J connectivity index is 2.40. The largest absolute Gasteiger partial charge is 0.489 e. The van der Waals surface area contributed by atoms with E-state index in [1.54, 1.807) is 6.92 Å². The van der Waals surface area contributed by atoms with Crippen molar-refractivity contribution in [2.24, 2.45) is 0 Å². The molecule has 0 unspecified atom stereocenters. The molecule has 1 aromatic carbocycles. The molecule has 7 heteroatoms. The molecule has 110 valence electrons. The van der Waals surface area contributed by atoms with Crippen molar-refractivity contribution in [1.29, 1.82) is 0 Å². The molecule has 0 aliphatic heterocycles. The Morgan fingerprint density at radius 2 is 1.85 bits per heavy atom. The van der Waals surface area contributed by atoms with E-state index in [1.165, 1.54) is 0 Å². The fourth-order valence-corrected chi connectivity index (χ4v) is 2.59. The van der Waals surface area contributed by atoms with Crippen LogP contribution in [-0.2, 0) is 14.3 Å². The molecule has 0 heterocycles. The highest BCUT2D eigenvalue weighted by Gasteiger charge is 2.10. The van der Waals surface area contributed by atoms with Crippen LogP contribution in [0.3, 0.4) is 0 Å². The number of rotatable bonds is 7. The van der Waals surface area contributed by atoms with Crippen molar-refractivity contribution < 1.29 is 19.0 Å². The summed E-state index contributed by atoms with van der Waals surface area (Å²) >= 11 is 10.2. The summed E-state index contributed by atoms with van der Waals surface area (Å²) < 4.78 is 18.0. The van der Waals surface area contributed by atoms with E-state index in [-0.39, 0.29) is 25.6 Å². The van der Waals surface area contributed by atoms with Crippen molar-refractivity contribution in [3.63, 3.8) is 0 Å². The van der Waals surface area contributed by atoms with Gasteiger partial charge in [0.2, 0.25) is 0 Å². The molecule has 0 radical (unpaired) electrons. The van der Waals surface area contributed by atoms with Crippen LogP contribution >= 0.6 is 47.8 Å². The van der Waals surface area contributed by atoms with Gasteiger partial charge in [-0.1, -0.05) is 0 Å². The zero-order chi connectivity index (χ0) is 15.1. The van der Waals surface area contributed by atoms with Crippen LogP contribution in [0, 0.1) is 0 Å². The van der Waals surface area contributed by atoms with Crippen LogP contribution in [0.5, 0.6) is 5.75 Å². The average molecular weight is 473 g/mol. The van der Waals surface area contributed by atoms with Gasteiger partial charge in [0.05, 0.1) is 11.1 Å². The molecular weight excluding hydrogens is 460 g/mol. The Hall–Kier alpha value is -0.530. The summed E-state index contributed by atoms with van der Waals surface area (Å²) in [6.07, 6.45) is 0. The highest BCUT2D eigenvalue weighted by Crippen LogP contribution is 2.37. The molecule has 0 aliphatic rings. The van der Waals surface area contributed by atoms with Crippen molar-refractivity contribution in [1.82, 2.24) is 0 Å². The summed E-state index contributed by atoms with van der Waals surface area (Å²) in [6, 6.07) is 3.68. The van der Waals surface area contributed by atoms with Gasteiger partial charge in [-0.3, -0.25) is 0 Å². The average Bonchev–Trinajstić information content (AvgIpc) is 2.43. The van der Waals surface area contributed by atoms with Crippen molar-refractivity contribution >= 4 is 53.8 Å². The maximum atomic E-state index is 11.2. The van der Waals surface area contributed by atoms with E-state index < -0.39 is 5.97 Å². The first-order valence-corrected chi connectivity index (χ1v) is 8.10. The van der Waals surface area contributed by atoms with Crippen LogP contribution in [0.25, 0.3) is 0 Å². The Bertz CT molecular complexity index is 503. The predicted octanol–water partition coefficient (Wildman–Crippen LogP) is 4.45. The quantitative estimate of drug-likeness (QED) is 0.193. The molecule has 0 atom stereocenters. The van der Waals surface area contributed by atoms with Crippen molar-refractivity contribution in [3.05, 3.63) is 37.9 Å². The lowest BCUT2D eigenvalue weighted by atomic mass is 10.3. The molecule has 0 spiro atoms. The van der Waals surface area contributed by atoms with Crippen molar-refractivity contribution in [2.75, 3.05) is 19.8 Å². The molecule has 4 nitrogen and oxygen atoms in total. The first-order valence-electron chi connectivity index (χ1n) is 5.72. The van der Waals surface area contributed by atoms with Gasteiger partial charge in [0.15, 0.2) is 5.76 Å². The minimum atomic E-state index is -0.555. The zero-order valence-corrected chi connectivity index (χ0v) is 15.5. The summed E-state index contributed by atoms with van der Waals surface area (Å²) in [5.74, 6) is 0.0944. The minimum absolute atomic E-state index is 0.0218. The third-order valence-corrected chi connectivity index (χ3v) is 5.46. The smallest absolute Gasteiger partial charge is 0.372 e. The van der Waals surface area contributed by atoms with Gasteiger partial charge in [0, 0.05) is 8.95 Å². The van der Waals surface area contributed by atoms with Crippen LogP contribution in [0.2, 0.25) is 0 Å². The van der Waals surface area contributed by atoms with E-state index in [9.17, 15) is 4.79 Å². The summed E-state index contributed by atoms with van der Waals surface area (Å²) in [5.41, 5.74) is 0. The summed E-state index contributed by atoms with van der Waals surface area (Å²) in [6.45, 7) is 5.98. The van der Waals surface area contributed by atoms with Gasteiger partial charge in [0.25, 0.3) is 0 Å². The SMILES string of the molecule is C=C(OCCOc1ccc(Br)c(Br)c1Br)C(=O)OCC. The Morgan fingerprint density at radius 3 is 2.50 bits per heavy atom. The standard InChI is InChI=1S/C13H13Br3O4/c1-3-18-13(17)8(2)19-6-7-20-10-5-4-9(14)11(15)12(10)16/h4-5H,2-3,6-7H2,1H3. The van der Waals surface area contributed by atoms with Gasteiger partial charge >= 0.3 is 5.97 Å². The molecule has 0 aliphatic carbocycles. The van der Waals surface area contributed by atoms with Gasteiger partial charge in [0.1, 0.15) is 19.0 Å². The molecule has 0 saturated heterocycles. The fourth-order valence-electron chi connectivity index (χ4n) is 1.21. The first-order chi connectivity index (χ1) is 9.47. The highest BCUT2D eigenvalue weighted by atomic mass is 79.9. The lowest BCUT2D eigenvalue weighted by Crippen LogP contribution is -2.13. The number of benzene rings is 1. The topological polar surface area (TPSA) is 44.8 Å². The van der Waals surface area contributed by atoms with E-state index in [2.05, 4.69) is 54.4 Å². The van der Waals surface area contributed by atoms with E-state index in [0.29, 0.717) is 5.75 Å². The predicted molar refractivity (Wildman–Crippen MR) is 86.8 cm³/mol. The Labute approximate surface area is 142 Å². The first kappa shape index (κ1) is 17.5. The van der Waals surface area contributed by atoms with E-state index >= 15 is 0 Å². The van der Waals surface area contributed by atoms with Crippen LogP contribution in [0.1, 0.15) is 6.92 Å². The number of hydrogen-bond acceptors (Lipinski definition) is 4. The van der Waals surface area contributed by atoms with E-state index in [0.717, 1.165) is 13.4 Å². The maximum Gasteiger partial charge on any atom is 0.372 e. The second-order valence-electron chi connectivity index (χ2n) is 3.51. The molecule has 20 heavy (non-hydrogen) atoms. The molecule has 0 saturated carbocycles. The number of carbonyl (C=O) groups excluding carboxylic acids is 1. The molecular formula is C13H13Br3O4. The lowest BCUT2D eigenvalue weighted by molar-refractivity contribution is -0.142. The van der Waals surface area contributed by atoms with Crippen LogP contribution in [0.4, 0.5) is 0 Å². The van der Waals surface area contributed by atoms with Crippen molar-refractivity contribution in [2.45, 2.75) is 6.92 Å². The highest BCUT2D eigenvalue weighted by molar-refractivity contribution is 9.14. The Morgan fingerprint density at radius 1 is 1.15 bits per heavy atom. The van der Waals surface area contributed by atoms with Crippen LogP contribution < -0.4 is 4.74 Å². The second-order valence-corrected chi connectivity index (χ2v) is 5.95. The minimum Gasteiger partial charge on any atom is -0.489 e.